The molecule has 2 saturated heterocycles. The maximum atomic E-state index is 10.9. The highest BCUT2D eigenvalue weighted by atomic mass is 16.6. The van der Waals surface area contributed by atoms with Crippen LogP contribution in [0.2, 0.25) is 0 Å². The predicted molar refractivity (Wildman–Crippen MR) is 50.5 cm³/mol. The number of hydrogen-bond acceptors (Lipinski definition) is 4. The zero-order chi connectivity index (χ0) is 10.8. The van der Waals surface area contributed by atoms with Gasteiger partial charge < -0.3 is 15.2 Å². The van der Waals surface area contributed by atoms with Gasteiger partial charge in [-0.2, -0.15) is 0 Å². The van der Waals surface area contributed by atoms with Crippen LogP contribution in [0.4, 0.5) is 4.79 Å². The number of cyclic esters (lactones) is 1. The summed E-state index contributed by atoms with van der Waals surface area (Å²) < 4.78 is 4.97. The Hall–Kier alpha value is -1.30. The van der Waals surface area contributed by atoms with Crippen molar-refractivity contribution >= 4 is 12.1 Å². The lowest BCUT2D eigenvalue weighted by Gasteiger charge is -2.22. The molecule has 2 aliphatic heterocycles. The number of alkyl carbamates (subject to hydrolysis) is 1. The van der Waals surface area contributed by atoms with E-state index < -0.39 is 18.1 Å². The summed E-state index contributed by atoms with van der Waals surface area (Å²) in [6.07, 6.45) is 0.956. The molecule has 0 aliphatic carbocycles. The first-order chi connectivity index (χ1) is 7.16. The summed E-state index contributed by atoms with van der Waals surface area (Å²) in [7, 11) is 0. The van der Waals surface area contributed by atoms with Crippen molar-refractivity contribution in [3.05, 3.63) is 0 Å². The minimum atomic E-state index is -0.787. The first kappa shape index (κ1) is 10.2. The Labute approximate surface area is 87.2 Å². The van der Waals surface area contributed by atoms with Gasteiger partial charge in [0.25, 0.3) is 0 Å². The number of carbonyl (C=O) groups is 2. The van der Waals surface area contributed by atoms with Crippen LogP contribution < -0.4 is 5.32 Å². The van der Waals surface area contributed by atoms with Gasteiger partial charge in [-0.15, -0.1) is 0 Å². The van der Waals surface area contributed by atoms with Crippen LogP contribution in [0.3, 0.4) is 0 Å². The van der Waals surface area contributed by atoms with Gasteiger partial charge in [-0.25, -0.2) is 4.79 Å². The summed E-state index contributed by atoms with van der Waals surface area (Å²) in [6, 6.07) is -0.413. The molecular formula is C9H14N2O4. The Morgan fingerprint density at radius 2 is 2.47 bits per heavy atom. The topological polar surface area (TPSA) is 78.9 Å². The van der Waals surface area contributed by atoms with E-state index in [0.29, 0.717) is 19.5 Å². The number of carboxylic acid groups (broad SMARTS) is 1. The second-order valence-electron chi connectivity index (χ2n) is 3.90. The largest absolute Gasteiger partial charge is 0.480 e. The van der Waals surface area contributed by atoms with Gasteiger partial charge in [0.1, 0.15) is 12.1 Å². The van der Waals surface area contributed by atoms with Crippen LogP contribution in [0.15, 0.2) is 0 Å². The van der Waals surface area contributed by atoms with E-state index in [2.05, 4.69) is 5.32 Å². The molecule has 0 saturated carbocycles. The zero-order valence-corrected chi connectivity index (χ0v) is 8.31. The van der Waals surface area contributed by atoms with E-state index in [4.69, 9.17) is 9.84 Å². The van der Waals surface area contributed by atoms with Crippen molar-refractivity contribution in [3.8, 4) is 0 Å². The standard InChI is InChI=1S/C9H14N2O4/c12-8(13)7-2-1-3-11(7)5-6-4-10-9(14)15-6/h6-7H,1-5H2,(H,10,14)(H,12,13). The van der Waals surface area contributed by atoms with E-state index >= 15 is 0 Å². The Balaban J connectivity index is 1.88. The summed E-state index contributed by atoms with van der Waals surface area (Å²) in [4.78, 5) is 23.5. The number of aliphatic carboxylic acids is 1. The van der Waals surface area contributed by atoms with Crippen LogP contribution in [0.5, 0.6) is 0 Å². The normalized spacial score (nSPS) is 31.3. The second kappa shape index (κ2) is 4.06. The highest BCUT2D eigenvalue weighted by molar-refractivity contribution is 5.74. The fourth-order valence-corrected chi connectivity index (χ4v) is 2.12. The molecule has 2 N–H and O–H groups in total. The van der Waals surface area contributed by atoms with Crippen LogP contribution in [-0.4, -0.2) is 53.8 Å². The summed E-state index contributed by atoms with van der Waals surface area (Å²) in [5.74, 6) is -0.787. The van der Waals surface area contributed by atoms with Crippen LogP contribution in [0.1, 0.15) is 12.8 Å². The quantitative estimate of drug-likeness (QED) is 0.671. The first-order valence-electron chi connectivity index (χ1n) is 5.08. The fourth-order valence-electron chi connectivity index (χ4n) is 2.12. The van der Waals surface area contributed by atoms with Crippen molar-refractivity contribution in [2.45, 2.75) is 25.0 Å². The van der Waals surface area contributed by atoms with E-state index in [1.54, 1.807) is 0 Å². The lowest BCUT2D eigenvalue weighted by molar-refractivity contribution is -0.142. The van der Waals surface area contributed by atoms with Crippen molar-refractivity contribution in [3.63, 3.8) is 0 Å². The number of nitrogens with one attached hydrogen (secondary N) is 1. The SMILES string of the molecule is O=C1NCC(CN2CCCC2C(=O)O)O1. The molecule has 0 radical (unpaired) electrons. The molecule has 2 atom stereocenters. The molecule has 0 aromatic carbocycles. The Bertz CT molecular complexity index is 281. The molecule has 2 unspecified atom stereocenters. The number of carbonyl (C=O) groups excluding carboxylic acids is 1. The molecule has 0 aromatic rings. The van der Waals surface area contributed by atoms with Gasteiger partial charge >= 0.3 is 12.1 Å². The van der Waals surface area contributed by atoms with Gasteiger partial charge in [-0.05, 0) is 19.4 Å². The molecule has 2 aliphatic rings. The number of carboxylic acids is 1. The van der Waals surface area contributed by atoms with Gasteiger partial charge in [0, 0.05) is 6.54 Å². The maximum absolute atomic E-state index is 10.9. The molecule has 0 bridgehead atoms. The van der Waals surface area contributed by atoms with E-state index in [0.717, 1.165) is 13.0 Å². The number of rotatable bonds is 3. The lowest BCUT2D eigenvalue weighted by Crippen LogP contribution is -2.41. The highest BCUT2D eigenvalue weighted by Crippen LogP contribution is 2.18. The number of nitrogens with zero attached hydrogens (tertiary/aromatic N) is 1. The smallest absolute Gasteiger partial charge is 0.407 e. The van der Waals surface area contributed by atoms with Gasteiger partial charge in [0.2, 0.25) is 0 Å². The van der Waals surface area contributed by atoms with E-state index in [9.17, 15) is 9.59 Å². The molecule has 2 heterocycles. The third kappa shape index (κ3) is 2.20. The lowest BCUT2D eigenvalue weighted by atomic mass is 10.2. The van der Waals surface area contributed by atoms with Crippen LogP contribution in [0, 0.1) is 0 Å². The van der Waals surface area contributed by atoms with Crippen molar-refractivity contribution in [2.75, 3.05) is 19.6 Å². The fraction of sp³-hybridized carbons (Fsp3) is 0.778. The summed E-state index contributed by atoms with van der Waals surface area (Å²) in [5.41, 5.74) is 0. The first-order valence-corrected chi connectivity index (χ1v) is 5.08. The number of amides is 1. The van der Waals surface area contributed by atoms with Crippen LogP contribution in [-0.2, 0) is 9.53 Å². The molecule has 84 valence electrons. The minimum absolute atomic E-state index is 0.211. The molecule has 0 aromatic heterocycles. The van der Waals surface area contributed by atoms with E-state index in [1.807, 2.05) is 4.90 Å². The molecule has 0 spiro atoms. The number of hydrogen-bond donors (Lipinski definition) is 2. The molecule has 1 amide bonds. The van der Waals surface area contributed by atoms with Crippen molar-refractivity contribution in [1.82, 2.24) is 10.2 Å². The monoisotopic (exact) mass is 214 g/mol. The second-order valence-corrected chi connectivity index (χ2v) is 3.90. The van der Waals surface area contributed by atoms with Gasteiger partial charge in [0.05, 0.1) is 6.54 Å². The molecule has 2 rings (SSSR count). The molecule has 6 nitrogen and oxygen atoms in total. The number of likely N-dealkylation sites (tertiary alicyclic amines) is 1. The molecule has 6 heteroatoms. The van der Waals surface area contributed by atoms with Crippen LogP contribution >= 0.6 is 0 Å². The van der Waals surface area contributed by atoms with Gasteiger partial charge in [-0.3, -0.25) is 9.69 Å². The van der Waals surface area contributed by atoms with E-state index in [-0.39, 0.29) is 6.10 Å². The maximum Gasteiger partial charge on any atom is 0.407 e. The average Bonchev–Trinajstić information content (AvgIpc) is 2.75. The highest BCUT2D eigenvalue weighted by Gasteiger charge is 2.34. The number of ether oxygens (including phenoxy) is 1. The average molecular weight is 214 g/mol. The minimum Gasteiger partial charge on any atom is -0.480 e. The van der Waals surface area contributed by atoms with Crippen molar-refractivity contribution in [2.24, 2.45) is 0 Å². The summed E-state index contributed by atoms with van der Waals surface area (Å²) >= 11 is 0. The Kier molecular flexibility index (Phi) is 2.77. The van der Waals surface area contributed by atoms with Crippen molar-refractivity contribution in [1.29, 1.82) is 0 Å². The Morgan fingerprint density at radius 3 is 3.07 bits per heavy atom. The van der Waals surface area contributed by atoms with Gasteiger partial charge in [0.15, 0.2) is 0 Å². The van der Waals surface area contributed by atoms with Crippen LogP contribution in [0.25, 0.3) is 0 Å². The third-order valence-corrected chi connectivity index (χ3v) is 2.83. The zero-order valence-electron chi connectivity index (χ0n) is 8.31. The molecular weight excluding hydrogens is 200 g/mol. The third-order valence-electron chi connectivity index (χ3n) is 2.83. The summed E-state index contributed by atoms with van der Waals surface area (Å²) in [6.45, 7) is 1.75. The molecule has 2 fully saturated rings. The molecule has 15 heavy (non-hydrogen) atoms. The van der Waals surface area contributed by atoms with E-state index in [1.165, 1.54) is 0 Å². The Morgan fingerprint density at radius 1 is 1.67 bits per heavy atom. The summed E-state index contributed by atoms with van der Waals surface area (Å²) in [5, 5.41) is 11.5. The predicted octanol–water partition coefficient (Wildman–Crippen LogP) is -0.356. The van der Waals surface area contributed by atoms with Crippen molar-refractivity contribution < 1.29 is 19.4 Å². The van der Waals surface area contributed by atoms with Gasteiger partial charge in [-0.1, -0.05) is 0 Å².